The van der Waals surface area contributed by atoms with Gasteiger partial charge in [-0.05, 0) is 5.56 Å². The minimum Gasteiger partial charge on any atom is -0.461 e. The van der Waals surface area contributed by atoms with E-state index in [9.17, 15) is 4.79 Å². The molecule has 0 aliphatic heterocycles. The van der Waals surface area contributed by atoms with Crippen LogP contribution < -0.4 is 0 Å². The third-order valence-electron chi connectivity index (χ3n) is 2.24. The second-order valence-corrected chi connectivity index (χ2v) is 3.97. The topological polar surface area (TPSA) is 26.3 Å². The van der Waals surface area contributed by atoms with Gasteiger partial charge in [0.25, 0.3) is 0 Å². The average molecular weight is 266 g/mol. The number of esters is 1. The molecule has 1 rings (SSSR count). The van der Waals surface area contributed by atoms with E-state index in [0.717, 1.165) is 5.56 Å². The van der Waals surface area contributed by atoms with E-state index in [1.54, 1.807) is 0 Å². The first-order valence-electron chi connectivity index (χ1n) is 7.38. The second-order valence-electron chi connectivity index (χ2n) is 3.97. The Morgan fingerprint density at radius 3 is 1.84 bits per heavy atom. The van der Waals surface area contributed by atoms with Crippen molar-refractivity contribution in [1.29, 1.82) is 0 Å². The lowest BCUT2D eigenvalue weighted by molar-refractivity contribution is -0.142. The average Bonchev–Trinajstić information content (AvgIpc) is 2.47. The van der Waals surface area contributed by atoms with Crippen molar-refractivity contribution in [2.24, 2.45) is 0 Å². The molecule has 0 aromatic heterocycles. The zero-order valence-electron chi connectivity index (χ0n) is 13.2. The zero-order chi connectivity index (χ0) is 14.9. The molecule has 110 valence electrons. The Hall–Kier alpha value is -1.31. The summed E-state index contributed by atoms with van der Waals surface area (Å²) in [4.78, 5) is 10.4. The minimum absolute atomic E-state index is 0.242. The number of rotatable bonds is 5. The molecule has 0 fully saturated rings. The molecule has 0 saturated carbocycles. The van der Waals surface area contributed by atoms with Gasteiger partial charge < -0.3 is 4.74 Å². The van der Waals surface area contributed by atoms with Gasteiger partial charge in [0.05, 0.1) is 0 Å². The van der Waals surface area contributed by atoms with Gasteiger partial charge in [0.15, 0.2) is 0 Å². The van der Waals surface area contributed by atoms with Crippen LogP contribution in [-0.2, 0) is 16.1 Å². The fourth-order valence-corrected chi connectivity index (χ4v) is 1.26. The number of hydrogen-bond acceptors (Lipinski definition) is 2. The summed E-state index contributed by atoms with van der Waals surface area (Å²) in [6.45, 7) is 10.2. The maximum Gasteiger partial charge on any atom is 0.302 e. The van der Waals surface area contributed by atoms with Crippen LogP contribution in [0.3, 0.4) is 0 Å². The van der Waals surface area contributed by atoms with Gasteiger partial charge in [0.2, 0.25) is 0 Å². The first-order chi connectivity index (χ1) is 9.20. The molecule has 2 heteroatoms. The maximum absolute atomic E-state index is 10.4. The van der Waals surface area contributed by atoms with Crippen molar-refractivity contribution in [2.45, 2.75) is 66.9 Å². The van der Waals surface area contributed by atoms with Crippen LogP contribution in [0.25, 0.3) is 0 Å². The van der Waals surface area contributed by atoms with Crippen LogP contribution in [0.4, 0.5) is 0 Å². The molecule has 0 aliphatic carbocycles. The number of benzene rings is 1. The molecule has 0 unspecified atom stereocenters. The summed E-state index contributed by atoms with van der Waals surface area (Å²) in [6, 6.07) is 9.60. The van der Waals surface area contributed by atoms with E-state index < -0.39 is 0 Å². The Morgan fingerprint density at radius 2 is 1.47 bits per heavy atom. The van der Waals surface area contributed by atoms with E-state index in [2.05, 4.69) is 13.8 Å². The molecule has 0 bridgehead atoms. The molecular formula is C17H30O2. The van der Waals surface area contributed by atoms with E-state index >= 15 is 0 Å². The Kier molecular flexibility index (Phi) is 17.6. The molecule has 0 N–H and O–H groups in total. The van der Waals surface area contributed by atoms with Crippen LogP contribution in [0.15, 0.2) is 30.3 Å². The number of carbonyl (C=O) groups excluding carboxylic acids is 1. The number of ether oxygens (including phenoxy) is 1. The highest BCUT2D eigenvalue weighted by atomic mass is 16.5. The lowest BCUT2D eigenvalue weighted by Crippen LogP contribution is -1.97. The Bertz CT molecular complexity index is 277. The predicted molar refractivity (Wildman–Crippen MR) is 83.1 cm³/mol. The first-order valence-corrected chi connectivity index (χ1v) is 7.38. The van der Waals surface area contributed by atoms with Gasteiger partial charge in [0.1, 0.15) is 6.61 Å². The Balaban J connectivity index is 0. The van der Waals surface area contributed by atoms with Crippen LogP contribution in [-0.4, -0.2) is 5.97 Å². The number of unbranched alkanes of at least 4 members (excludes halogenated alkanes) is 3. The van der Waals surface area contributed by atoms with Crippen molar-refractivity contribution in [3.05, 3.63) is 35.9 Å². The van der Waals surface area contributed by atoms with E-state index in [1.165, 1.54) is 32.6 Å². The van der Waals surface area contributed by atoms with Gasteiger partial charge >= 0.3 is 5.97 Å². The maximum atomic E-state index is 10.4. The van der Waals surface area contributed by atoms with Crippen molar-refractivity contribution in [3.63, 3.8) is 0 Å². The van der Waals surface area contributed by atoms with Crippen molar-refractivity contribution < 1.29 is 9.53 Å². The SMILES string of the molecule is CC.CC(=O)OCc1ccccc1.CCCCCC. The third-order valence-corrected chi connectivity index (χ3v) is 2.24. The molecule has 0 spiro atoms. The summed E-state index contributed by atoms with van der Waals surface area (Å²) in [5.41, 5.74) is 1.02. The lowest BCUT2D eigenvalue weighted by Gasteiger charge is -1.99. The molecule has 1 aromatic rings. The van der Waals surface area contributed by atoms with E-state index in [0.29, 0.717) is 6.61 Å². The van der Waals surface area contributed by atoms with E-state index in [4.69, 9.17) is 4.74 Å². The van der Waals surface area contributed by atoms with E-state index in [1.807, 2.05) is 44.2 Å². The molecule has 0 radical (unpaired) electrons. The number of hydrogen-bond donors (Lipinski definition) is 0. The van der Waals surface area contributed by atoms with Crippen LogP contribution >= 0.6 is 0 Å². The standard InChI is InChI=1S/C9H10O2.C6H14.C2H6/c1-8(10)11-7-9-5-3-2-4-6-9;1-3-5-6-4-2;1-2/h2-6H,7H2,1H3;3-6H2,1-2H3;1-2H3. The Labute approximate surface area is 119 Å². The molecule has 2 nitrogen and oxygen atoms in total. The fourth-order valence-electron chi connectivity index (χ4n) is 1.26. The summed E-state index contributed by atoms with van der Waals surface area (Å²) in [7, 11) is 0. The highest BCUT2D eigenvalue weighted by Gasteiger charge is 1.93. The molecule has 0 amide bonds. The summed E-state index contributed by atoms with van der Waals surface area (Å²) in [5, 5.41) is 0. The zero-order valence-corrected chi connectivity index (χ0v) is 13.2. The minimum atomic E-state index is -0.242. The lowest BCUT2D eigenvalue weighted by atomic mass is 10.2. The van der Waals surface area contributed by atoms with Gasteiger partial charge in [0, 0.05) is 6.92 Å². The molecule has 0 heterocycles. The summed E-state index contributed by atoms with van der Waals surface area (Å²) in [5.74, 6) is -0.242. The molecule has 1 aromatic carbocycles. The van der Waals surface area contributed by atoms with Crippen LogP contribution in [0.1, 0.15) is 65.9 Å². The summed E-state index contributed by atoms with van der Waals surface area (Å²) >= 11 is 0. The van der Waals surface area contributed by atoms with Crippen LogP contribution in [0.2, 0.25) is 0 Å². The quantitative estimate of drug-likeness (QED) is 0.529. The molecular weight excluding hydrogens is 236 g/mol. The van der Waals surface area contributed by atoms with Gasteiger partial charge in [-0.1, -0.05) is 83.7 Å². The number of carbonyl (C=O) groups is 1. The second kappa shape index (κ2) is 16.7. The summed E-state index contributed by atoms with van der Waals surface area (Å²) < 4.78 is 4.79. The van der Waals surface area contributed by atoms with Crippen molar-refractivity contribution >= 4 is 5.97 Å². The Morgan fingerprint density at radius 1 is 1.00 bits per heavy atom. The van der Waals surface area contributed by atoms with Crippen LogP contribution in [0.5, 0.6) is 0 Å². The third kappa shape index (κ3) is 16.7. The van der Waals surface area contributed by atoms with Gasteiger partial charge in [-0.15, -0.1) is 0 Å². The fraction of sp³-hybridized carbons (Fsp3) is 0.588. The highest BCUT2D eigenvalue weighted by Crippen LogP contribution is 1.99. The van der Waals surface area contributed by atoms with Crippen molar-refractivity contribution in [1.82, 2.24) is 0 Å². The van der Waals surface area contributed by atoms with Gasteiger partial charge in [-0.2, -0.15) is 0 Å². The molecule has 0 aliphatic rings. The molecule has 0 saturated heterocycles. The monoisotopic (exact) mass is 266 g/mol. The van der Waals surface area contributed by atoms with E-state index in [-0.39, 0.29) is 5.97 Å². The van der Waals surface area contributed by atoms with Crippen molar-refractivity contribution in [2.75, 3.05) is 0 Å². The predicted octanol–water partition coefficient (Wildman–Crippen LogP) is 5.36. The van der Waals surface area contributed by atoms with Crippen LogP contribution in [0, 0.1) is 0 Å². The first kappa shape index (κ1) is 20.0. The summed E-state index contributed by atoms with van der Waals surface area (Å²) in [6.07, 6.45) is 5.54. The molecule has 19 heavy (non-hydrogen) atoms. The van der Waals surface area contributed by atoms with Crippen molar-refractivity contribution in [3.8, 4) is 0 Å². The smallest absolute Gasteiger partial charge is 0.302 e. The highest BCUT2D eigenvalue weighted by molar-refractivity contribution is 5.65. The normalized spacial score (nSPS) is 8.47. The van der Waals surface area contributed by atoms with Gasteiger partial charge in [-0.25, -0.2) is 0 Å². The van der Waals surface area contributed by atoms with Gasteiger partial charge in [-0.3, -0.25) is 4.79 Å². The molecule has 0 atom stereocenters. The largest absolute Gasteiger partial charge is 0.461 e.